The van der Waals surface area contributed by atoms with Gasteiger partial charge >= 0.3 is 6.18 Å². The van der Waals surface area contributed by atoms with Crippen molar-refractivity contribution in [1.29, 1.82) is 0 Å². The van der Waals surface area contributed by atoms with Gasteiger partial charge in [0.05, 0.1) is 16.9 Å². The maximum Gasteiger partial charge on any atom is 0.406 e. The molecule has 1 atom stereocenters. The normalized spacial score (nSPS) is 16.8. The summed E-state index contributed by atoms with van der Waals surface area (Å²) in [5.41, 5.74) is -0.956. The topological polar surface area (TPSA) is 90.1 Å². The minimum absolute atomic E-state index is 0.0143. The highest BCUT2D eigenvalue weighted by atomic mass is 19.4. The molecule has 1 aliphatic heterocycles. The van der Waals surface area contributed by atoms with Crippen LogP contribution in [0.15, 0.2) is 46.0 Å². The van der Waals surface area contributed by atoms with Crippen LogP contribution < -0.4 is 11.1 Å². The standard InChI is InChI=1S/C20H18F3N5O3/c1-26-16(29)9-8-14(25-26)19(31)27-10-4-7-15(27)17-24-13-6-3-2-5-12(13)18(30)28(17)11-20(21,22)23/h2-3,5-6,8-9,15H,4,7,10-11H2,1H3. The van der Waals surface area contributed by atoms with Crippen molar-refractivity contribution in [2.75, 3.05) is 6.54 Å². The van der Waals surface area contributed by atoms with Crippen molar-refractivity contribution in [3.8, 4) is 0 Å². The van der Waals surface area contributed by atoms with Gasteiger partial charge in [0.2, 0.25) is 0 Å². The van der Waals surface area contributed by atoms with Crippen LogP contribution in [0, 0.1) is 0 Å². The molecule has 0 bridgehead atoms. The quantitative estimate of drug-likeness (QED) is 0.631. The zero-order chi connectivity index (χ0) is 22.3. The van der Waals surface area contributed by atoms with E-state index in [1.807, 2.05) is 0 Å². The van der Waals surface area contributed by atoms with Gasteiger partial charge in [0.15, 0.2) is 0 Å². The average molecular weight is 433 g/mol. The first kappa shape index (κ1) is 20.8. The van der Waals surface area contributed by atoms with Crippen LogP contribution in [-0.4, -0.2) is 42.9 Å². The molecule has 1 unspecified atom stereocenters. The van der Waals surface area contributed by atoms with Gasteiger partial charge in [0, 0.05) is 19.7 Å². The molecule has 0 saturated carbocycles. The van der Waals surface area contributed by atoms with E-state index in [-0.39, 0.29) is 29.0 Å². The number of likely N-dealkylation sites (tertiary alicyclic amines) is 1. The molecule has 8 nitrogen and oxygen atoms in total. The zero-order valence-corrected chi connectivity index (χ0v) is 16.5. The van der Waals surface area contributed by atoms with Crippen LogP contribution in [0.5, 0.6) is 0 Å². The van der Waals surface area contributed by atoms with Crippen LogP contribution >= 0.6 is 0 Å². The summed E-state index contributed by atoms with van der Waals surface area (Å²) < 4.78 is 41.5. The lowest BCUT2D eigenvalue weighted by Crippen LogP contribution is -2.38. The Kier molecular flexibility index (Phi) is 5.11. The molecule has 0 aliphatic carbocycles. The smallest absolute Gasteiger partial charge is 0.327 e. The molecule has 1 aromatic carbocycles. The molecule has 0 N–H and O–H groups in total. The van der Waals surface area contributed by atoms with Gasteiger partial charge in [-0.1, -0.05) is 12.1 Å². The fraction of sp³-hybridized carbons (Fsp3) is 0.350. The lowest BCUT2D eigenvalue weighted by molar-refractivity contribution is -0.141. The summed E-state index contributed by atoms with van der Waals surface area (Å²) in [6.07, 6.45) is -3.77. The lowest BCUT2D eigenvalue weighted by Gasteiger charge is -2.27. The predicted octanol–water partition coefficient (Wildman–Crippen LogP) is 2.03. The maximum absolute atomic E-state index is 13.3. The van der Waals surface area contributed by atoms with Crippen molar-refractivity contribution in [2.45, 2.75) is 31.6 Å². The number of hydrogen-bond acceptors (Lipinski definition) is 5. The number of rotatable bonds is 3. The predicted molar refractivity (Wildman–Crippen MR) is 105 cm³/mol. The van der Waals surface area contributed by atoms with Crippen LogP contribution in [0.25, 0.3) is 10.9 Å². The van der Waals surface area contributed by atoms with Gasteiger partial charge in [0.25, 0.3) is 17.0 Å². The Bertz CT molecular complexity index is 1280. The fourth-order valence-corrected chi connectivity index (χ4v) is 3.81. The highest BCUT2D eigenvalue weighted by Crippen LogP contribution is 2.33. The van der Waals surface area contributed by atoms with Crippen LogP contribution in [0.2, 0.25) is 0 Å². The number of amides is 1. The summed E-state index contributed by atoms with van der Waals surface area (Å²) in [5.74, 6) is -0.657. The second kappa shape index (κ2) is 7.64. The van der Waals surface area contributed by atoms with Crippen molar-refractivity contribution >= 4 is 16.8 Å². The number of aromatic nitrogens is 4. The summed E-state index contributed by atoms with van der Waals surface area (Å²) in [6.45, 7) is -1.24. The number of halogens is 3. The number of hydrogen-bond donors (Lipinski definition) is 0. The molecule has 2 aromatic heterocycles. The molecule has 11 heteroatoms. The molecule has 4 rings (SSSR count). The van der Waals surface area contributed by atoms with Crippen molar-refractivity contribution < 1.29 is 18.0 Å². The first-order chi connectivity index (χ1) is 14.7. The Morgan fingerprint density at radius 1 is 1.16 bits per heavy atom. The molecule has 3 heterocycles. The summed E-state index contributed by atoms with van der Waals surface area (Å²) in [6, 6.07) is 7.81. The molecular weight excluding hydrogens is 415 g/mol. The molecule has 162 valence electrons. The van der Waals surface area contributed by atoms with E-state index in [1.54, 1.807) is 18.2 Å². The van der Waals surface area contributed by atoms with Crippen molar-refractivity contribution in [3.63, 3.8) is 0 Å². The zero-order valence-electron chi connectivity index (χ0n) is 16.5. The van der Waals surface area contributed by atoms with Gasteiger partial charge in [-0.05, 0) is 31.0 Å². The van der Waals surface area contributed by atoms with E-state index in [9.17, 15) is 27.6 Å². The summed E-state index contributed by atoms with van der Waals surface area (Å²) in [5, 5.41) is 4.01. The number of benzene rings is 1. The minimum Gasteiger partial charge on any atom is -0.327 e. The number of carbonyl (C=O) groups excluding carboxylic acids is 1. The molecule has 1 aliphatic rings. The number of fused-ring (bicyclic) bond motifs is 1. The highest BCUT2D eigenvalue weighted by Gasteiger charge is 2.37. The monoisotopic (exact) mass is 433 g/mol. The molecule has 31 heavy (non-hydrogen) atoms. The van der Waals surface area contributed by atoms with Crippen LogP contribution in [0.3, 0.4) is 0 Å². The third-order valence-electron chi connectivity index (χ3n) is 5.22. The van der Waals surface area contributed by atoms with Crippen molar-refractivity contribution in [1.82, 2.24) is 24.2 Å². The van der Waals surface area contributed by atoms with Crippen molar-refractivity contribution in [2.24, 2.45) is 7.05 Å². The van der Waals surface area contributed by atoms with Crippen LogP contribution in [0.1, 0.15) is 35.2 Å². The largest absolute Gasteiger partial charge is 0.406 e. The van der Waals surface area contributed by atoms with E-state index in [4.69, 9.17) is 0 Å². The van der Waals surface area contributed by atoms with Crippen LogP contribution in [-0.2, 0) is 13.6 Å². The van der Waals surface area contributed by atoms with Crippen LogP contribution in [0.4, 0.5) is 13.2 Å². The number of nitrogens with zero attached hydrogens (tertiary/aromatic N) is 5. The molecule has 1 saturated heterocycles. The highest BCUT2D eigenvalue weighted by molar-refractivity contribution is 5.92. The summed E-state index contributed by atoms with van der Waals surface area (Å²) in [7, 11) is 1.40. The Balaban J connectivity index is 1.83. The van der Waals surface area contributed by atoms with Gasteiger partial charge < -0.3 is 4.90 Å². The van der Waals surface area contributed by atoms with E-state index < -0.39 is 35.8 Å². The van der Waals surface area contributed by atoms with E-state index in [1.165, 1.54) is 30.1 Å². The second-order valence-corrected chi connectivity index (χ2v) is 7.33. The Hall–Kier alpha value is -3.50. The first-order valence-corrected chi connectivity index (χ1v) is 9.57. The number of para-hydroxylation sites is 1. The molecule has 0 spiro atoms. The average Bonchev–Trinajstić information content (AvgIpc) is 3.20. The molecule has 1 amide bonds. The van der Waals surface area contributed by atoms with Crippen molar-refractivity contribution in [3.05, 3.63) is 68.6 Å². The summed E-state index contributed by atoms with van der Waals surface area (Å²) >= 11 is 0. The Labute approximate surface area is 173 Å². The Morgan fingerprint density at radius 2 is 1.90 bits per heavy atom. The molecular formula is C20H18F3N5O3. The number of alkyl halides is 3. The molecule has 1 fully saturated rings. The van der Waals surface area contributed by atoms with Gasteiger partial charge in [-0.2, -0.15) is 18.3 Å². The third kappa shape index (κ3) is 3.94. The second-order valence-electron chi connectivity index (χ2n) is 7.33. The van der Waals surface area contributed by atoms with E-state index in [2.05, 4.69) is 10.1 Å². The maximum atomic E-state index is 13.3. The third-order valence-corrected chi connectivity index (χ3v) is 5.22. The van der Waals surface area contributed by atoms with E-state index in [0.29, 0.717) is 17.4 Å². The molecule has 3 aromatic rings. The van der Waals surface area contributed by atoms with Gasteiger partial charge in [-0.25, -0.2) is 9.67 Å². The number of aryl methyl sites for hydroxylation is 1. The summed E-state index contributed by atoms with van der Waals surface area (Å²) in [4.78, 5) is 43.2. The minimum atomic E-state index is -4.64. The number of carbonyl (C=O) groups is 1. The van der Waals surface area contributed by atoms with Gasteiger partial charge in [-0.3, -0.25) is 19.0 Å². The van der Waals surface area contributed by atoms with Gasteiger partial charge in [-0.15, -0.1) is 0 Å². The fourth-order valence-electron chi connectivity index (χ4n) is 3.81. The van der Waals surface area contributed by atoms with Gasteiger partial charge in [0.1, 0.15) is 18.1 Å². The van der Waals surface area contributed by atoms with E-state index in [0.717, 1.165) is 4.68 Å². The first-order valence-electron chi connectivity index (χ1n) is 9.57. The lowest BCUT2D eigenvalue weighted by atomic mass is 10.1. The molecule has 0 radical (unpaired) electrons. The Morgan fingerprint density at radius 3 is 2.61 bits per heavy atom. The van der Waals surface area contributed by atoms with E-state index >= 15 is 0 Å². The SMILES string of the molecule is Cn1nc(C(=O)N2CCCC2c2nc3ccccc3c(=O)n2CC(F)(F)F)ccc1=O.